The fourth-order valence-electron chi connectivity index (χ4n) is 3.21. The number of benzene rings is 1. The average Bonchev–Trinajstić information content (AvgIpc) is 2.95. The van der Waals surface area contributed by atoms with Gasteiger partial charge in [-0.2, -0.15) is 0 Å². The highest BCUT2D eigenvalue weighted by Gasteiger charge is 2.08. The maximum Gasteiger partial charge on any atom is 0.191 e. The minimum Gasteiger partial charge on any atom is -0.492 e. The summed E-state index contributed by atoms with van der Waals surface area (Å²) in [5.74, 6) is 1.42. The van der Waals surface area contributed by atoms with Crippen molar-refractivity contribution in [1.29, 1.82) is 0 Å². The summed E-state index contributed by atoms with van der Waals surface area (Å²) in [7, 11) is -1.42. The third-order valence-electron chi connectivity index (χ3n) is 4.78. The predicted molar refractivity (Wildman–Crippen MR) is 129 cm³/mol. The molecule has 9 heteroatoms. The largest absolute Gasteiger partial charge is 0.492 e. The monoisotopic (exact) mass is 538 g/mol. The van der Waals surface area contributed by atoms with Crippen LogP contribution >= 0.6 is 24.0 Å². The van der Waals surface area contributed by atoms with Crippen LogP contribution in [0.4, 0.5) is 0 Å². The van der Waals surface area contributed by atoms with Crippen LogP contribution in [0.25, 0.3) is 0 Å². The number of guanidine groups is 1. The first-order valence-corrected chi connectivity index (χ1v) is 12.0. The zero-order chi connectivity index (χ0) is 20.2. The van der Waals surface area contributed by atoms with Crippen LogP contribution in [0.2, 0.25) is 0 Å². The molecule has 0 saturated carbocycles. The second kappa shape index (κ2) is 14.0. The number of hydrogen-bond donors (Lipinski definition) is 2. The number of rotatable bonds is 9. The average molecular weight is 538 g/mol. The lowest BCUT2D eigenvalue weighted by Crippen LogP contribution is -2.40. The summed E-state index contributed by atoms with van der Waals surface area (Å²) >= 11 is 0. The van der Waals surface area contributed by atoms with Crippen molar-refractivity contribution in [2.24, 2.45) is 4.99 Å². The molecule has 1 heterocycles. The van der Waals surface area contributed by atoms with E-state index in [2.05, 4.69) is 20.5 Å². The van der Waals surface area contributed by atoms with E-state index in [-0.39, 0.29) is 24.0 Å². The van der Waals surface area contributed by atoms with Gasteiger partial charge in [-0.05, 0) is 63.2 Å². The highest BCUT2D eigenvalue weighted by Crippen LogP contribution is 2.15. The van der Waals surface area contributed by atoms with Gasteiger partial charge in [-0.25, -0.2) is 8.42 Å². The molecule has 1 aliphatic heterocycles. The van der Waals surface area contributed by atoms with Gasteiger partial charge >= 0.3 is 0 Å². The van der Waals surface area contributed by atoms with Crippen LogP contribution < -0.4 is 15.4 Å². The normalized spacial score (nSPS) is 15.9. The van der Waals surface area contributed by atoms with Gasteiger partial charge in [0.05, 0.1) is 11.4 Å². The van der Waals surface area contributed by atoms with Gasteiger partial charge in [0.2, 0.25) is 0 Å². The van der Waals surface area contributed by atoms with Crippen LogP contribution in [0.15, 0.2) is 34.2 Å². The second-order valence-electron chi connectivity index (χ2n) is 7.13. The third kappa shape index (κ3) is 10.5. The van der Waals surface area contributed by atoms with Crippen LogP contribution in [0, 0.1) is 0 Å². The third-order valence-corrected chi connectivity index (χ3v) is 5.91. The van der Waals surface area contributed by atoms with Crippen molar-refractivity contribution in [3.63, 3.8) is 0 Å². The van der Waals surface area contributed by atoms with E-state index in [1.54, 1.807) is 31.3 Å². The fourth-order valence-corrected chi connectivity index (χ4v) is 3.84. The first-order chi connectivity index (χ1) is 13.5. The molecule has 1 aromatic rings. The van der Waals surface area contributed by atoms with E-state index in [9.17, 15) is 8.42 Å². The summed E-state index contributed by atoms with van der Waals surface area (Å²) in [5.41, 5.74) is 0. The number of sulfone groups is 1. The van der Waals surface area contributed by atoms with Crippen LogP contribution in [-0.4, -0.2) is 71.9 Å². The molecule has 0 amide bonds. The number of nitrogens with one attached hydrogen (secondary N) is 2. The summed E-state index contributed by atoms with van der Waals surface area (Å²) in [6, 6.07) is 6.46. The molecule has 0 aromatic heterocycles. The van der Waals surface area contributed by atoms with Crippen LogP contribution in [0.1, 0.15) is 32.1 Å². The lowest BCUT2D eigenvalue weighted by Gasteiger charge is -2.20. The van der Waals surface area contributed by atoms with Crippen molar-refractivity contribution in [2.75, 3.05) is 52.6 Å². The molecule has 1 aliphatic rings. The summed E-state index contributed by atoms with van der Waals surface area (Å²) in [5, 5.41) is 6.57. The SMILES string of the molecule is CN=C(NCCCN1CCCCCC1)NCCOc1ccc(S(C)(=O)=O)cc1.I. The summed E-state index contributed by atoms with van der Waals surface area (Å²) < 4.78 is 28.5. The quantitative estimate of drug-likeness (QED) is 0.218. The van der Waals surface area contributed by atoms with Gasteiger partial charge in [-0.3, -0.25) is 4.99 Å². The van der Waals surface area contributed by atoms with Crippen molar-refractivity contribution in [3.8, 4) is 5.75 Å². The molecule has 1 saturated heterocycles. The maximum absolute atomic E-state index is 11.5. The zero-order valence-electron chi connectivity index (χ0n) is 17.5. The Labute approximate surface area is 192 Å². The van der Waals surface area contributed by atoms with Gasteiger partial charge in [0.25, 0.3) is 0 Å². The van der Waals surface area contributed by atoms with Crippen molar-refractivity contribution >= 4 is 39.8 Å². The highest BCUT2D eigenvalue weighted by molar-refractivity contribution is 14.0. The molecule has 1 aromatic carbocycles. The fraction of sp³-hybridized carbons (Fsp3) is 0.650. The number of aliphatic imine (C=N–C) groups is 1. The first-order valence-electron chi connectivity index (χ1n) is 10.1. The molecule has 0 unspecified atom stereocenters. The molecule has 0 bridgehead atoms. The number of likely N-dealkylation sites (tertiary alicyclic amines) is 1. The van der Waals surface area contributed by atoms with Crippen LogP contribution in [-0.2, 0) is 9.84 Å². The van der Waals surface area contributed by atoms with E-state index in [1.807, 2.05) is 0 Å². The van der Waals surface area contributed by atoms with Gasteiger partial charge in [-0.1, -0.05) is 12.8 Å². The topological polar surface area (TPSA) is 83.0 Å². The summed E-state index contributed by atoms with van der Waals surface area (Å²) in [6.45, 7) is 5.57. The Bertz CT molecular complexity index is 703. The molecule has 7 nitrogen and oxygen atoms in total. The van der Waals surface area contributed by atoms with Crippen molar-refractivity contribution in [1.82, 2.24) is 15.5 Å². The van der Waals surface area contributed by atoms with E-state index < -0.39 is 9.84 Å². The smallest absolute Gasteiger partial charge is 0.191 e. The lowest BCUT2D eigenvalue weighted by atomic mass is 10.2. The Morgan fingerprint density at radius 1 is 1.07 bits per heavy atom. The van der Waals surface area contributed by atoms with Crippen molar-refractivity contribution < 1.29 is 13.2 Å². The minimum atomic E-state index is -3.17. The van der Waals surface area contributed by atoms with Gasteiger partial charge < -0.3 is 20.3 Å². The molecule has 1 fully saturated rings. The number of ether oxygens (including phenoxy) is 1. The predicted octanol–water partition coefficient (Wildman–Crippen LogP) is 2.52. The molecule has 2 rings (SSSR count). The number of hydrogen-bond acceptors (Lipinski definition) is 5. The van der Waals surface area contributed by atoms with Crippen LogP contribution in [0.5, 0.6) is 5.75 Å². The molecular weight excluding hydrogens is 503 g/mol. The van der Waals surface area contributed by atoms with Gasteiger partial charge in [-0.15, -0.1) is 24.0 Å². The van der Waals surface area contributed by atoms with E-state index in [4.69, 9.17) is 4.74 Å². The standard InChI is InChI=1S/C20H34N4O3S.HI/c1-21-20(22-12-7-16-24-14-5-3-4-6-15-24)23-13-17-27-18-8-10-19(11-9-18)28(2,25)26;/h8-11H,3-7,12-17H2,1-2H3,(H2,21,22,23);1H. The number of halogens is 1. The molecule has 166 valence electrons. The molecular formula is C20H35IN4O3S. The molecule has 29 heavy (non-hydrogen) atoms. The Morgan fingerprint density at radius 3 is 2.28 bits per heavy atom. The lowest BCUT2D eigenvalue weighted by molar-refractivity contribution is 0.282. The molecule has 0 spiro atoms. The minimum absolute atomic E-state index is 0. The van der Waals surface area contributed by atoms with E-state index in [0.717, 1.165) is 25.5 Å². The van der Waals surface area contributed by atoms with Gasteiger partial charge in [0.15, 0.2) is 15.8 Å². The molecule has 2 N–H and O–H groups in total. The first kappa shape index (κ1) is 26.0. The highest BCUT2D eigenvalue weighted by atomic mass is 127. The van der Waals surface area contributed by atoms with E-state index >= 15 is 0 Å². The Morgan fingerprint density at radius 2 is 1.69 bits per heavy atom. The molecule has 0 radical (unpaired) electrons. The van der Waals surface area contributed by atoms with E-state index in [0.29, 0.717) is 23.8 Å². The Kier molecular flexibility index (Phi) is 12.6. The Hall–Kier alpha value is -1.07. The zero-order valence-corrected chi connectivity index (χ0v) is 20.7. The number of nitrogens with zero attached hydrogens (tertiary/aromatic N) is 2. The van der Waals surface area contributed by atoms with Crippen LogP contribution in [0.3, 0.4) is 0 Å². The Balaban J connectivity index is 0.00000420. The molecule has 0 atom stereocenters. The maximum atomic E-state index is 11.5. The second-order valence-corrected chi connectivity index (χ2v) is 9.14. The summed E-state index contributed by atoms with van der Waals surface area (Å²) in [6.07, 6.45) is 7.69. The van der Waals surface area contributed by atoms with Gasteiger partial charge in [0.1, 0.15) is 12.4 Å². The van der Waals surface area contributed by atoms with Crippen molar-refractivity contribution in [3.05, 3.63) is 24.3 Å². The van der Waals surface area contributed by atoms with E-state index in [1.165, 1.54) is 45.0 Å². The van der Waals surface area contributed by atoms with Gasteiger partial charge in [0, 0.05) is 19.8 Å². The molecule has 0 aliphatic carbocycles. The summed E-state index contributed by atoms with van der Waals surface area (Å²) in [4.78, 5) is 7.09. The van der Waals surface area contributed by atoms with Crippen molar-refractivity contribution in [2.45, 2.75) is 37.0 Å².